The molecule has 1 aliphatic heterocycles. The highest BCUT2D eigenvalue weighted by molar-refractivity contribution is 5.64. The van der Waals surface area contributed by atoms with E-state index < -0.39 is 0 Å². The SMILES string of the molecule is Cc1cc([N+](=O)[O-])cc(C)c1Oc1ccc2c(c1)C1(CCC1)CN2. The summed E-state index contributed by atoms with van der Waals surface area (Å²) in [7, 11) is 0. The van der Waals surface area contributed by atoms with Crippen molar-refractivity contribution in [1.82, 2.24) is 0 Å². The second kappa shape index (κ2) is 5.23. The Morgan fingerprint density at radius 1 is 1.17 bits per heavy atom. The molecule has 2 aromatic carbocycles. The van der Waals surface area contributed by atoms with Gasteiger partial charge < -0.3 is 10.1 Å². The van der Waals surface area contributed by atoms with Gasteiger partial charge in [0.05, 0.1) is 4.92 Å². The van der Waals surface area contributed by atoms with E-state index in [0.29, 0.717) is 5.75 Å². The van der Waals surface area contributed by atoms with Gasteiger partial charge in [-0.25, -0.2) is 0 Å². The van der Waals surface area contributed by atoms with Gasteiger partial charge in [-0.2, -0.15) is 0 Å². The topological polar surface area (TPSA) is 64.4 Å². The van der Waals surface area contributed by atoms with Crippen LogP contribution in [0.2, 0.25) is 0 Å². The number of nitro groups is 1. The van der Waals surface area contributed by atoms with Gasteiger partial charge in [-0.3, -0.25) is 10.1 Å². The average Bonchev–Trinajstić information content (AvgIpc) is 2.89. The van der Waals surface area contributed by atoms with Crippen molar-refractivity contribution >= 4 is 11.4 Å². The van der Waals surface area contributed by atoms with Crippen molar-refractivity contribution in [2.45, 2.75) is 38.5 Å². The Bertz CT molecular complexity index is 817. The highest BCUT2D eigenvalue weighted by Crippen LogP contribution is 2.51. The zero-order valence-corrected chi connectivity index (χ0v) is 13.9. The number of hydrogen-bond acceptors (Lipinski definition) is 4. The summed E-state index contributed by atoms with van der Waals surface area (Å²) >= 11 is 0. The third-order valence-corrected chi connectivity index (χ3v) is 5.37. The molecule has 0 amide bonds. The fraction of sp³-hybridized carbons (Fsp3) is 0.368. The highest BCUT2D eigenvalue weighted by Gasteiger charge is 2.43. The highest BCUT2D eigenvalue weighted by atomic mass is 16.6. The lowest BCUT2D eigenvalue weighted by Gasteiger charge is -2.38. The van der Waals surface area contributed by atoms with Gasteiger partial charge in [0.15, 0.2) is 0 Å². The molecular formula is C19H20N2O3. The van der Waals surface area contributed by atoms with Gasteiger partial charge in [0.25, 0.3) is 5.69 Å². The smallest absolute Gasteiger partial charge is 0.270 e. The van der Waals surface area contributed by atoms with Gasteiger partial charge >= 0.3 is 0 Å². The number of fused-ring (bicyclic) bond motifs is 2. The lowest BCUT2D eigenvalue weighted by atomic mass is 9.66. The summed E-state index contributed by atoms with van der Waals surface area (Å²) in [5, 5.41) is 14.5. The van der Waals surface area contributed by atoms with Gasteiger partial charge in [-0.05, 0) is 61.6 Å². The van der Waals surface area contributed by atoms with E-state index in [2.05, 4.69) is 17.4 Å². The van der Waals surface area contributed by atoms with Crippen LogP contribution in [0.1, 0.15) is 36.0 Å². The summed E-state index contributed by atoms with van der Waals surface area (Å²) in [5.41, 5.74) is 4.50. The first-order valence-corrected chi connectivity index (χ1v) is 8.30. The summed E-state index contributed by atoms with van der Waals surface area (Å²) < 4.78 is 6.11. The predicted molar refractivity (Wildman–Crippen MR) is 93.1 cm³/mol. The Morgan fingerprint density at radius 2 is 1.88 bits per heavy atom. The number of aryl methyl sites for hydroxylation is 2. The Kier molecular flexibility index (Phi) is 3.27. The molecule has 1 saturated carbocycles. The first kappa shape index (κ1) is 15.0. The van der Waals surface area contributed by atoms with Crippen LogP contribution in [0.15, 0.2) is 30.3 Å². The molecule has 0 aromatic heterocycles. The number of nitro benzene ring substituents is 1. The molecule has 0 radical (unpaired) electrons. The Morgan fingerprint density at radius 3 is 2.46 bits per heavy atom. The third kappa shape index (κ3) is 2.23. The van der Waals surface area contributed by atoms with E-state index in [4.69, 9.17) is 4.74 Å². The van der Waals surface area contributed by atoms with E-state index in [-0.39, 0.29) is 16.0 Å². The van der Waals surface area contributed by atoms with E-state index in [1.165, 1.54) is 30.5 Å². The van der Waals surface area contributed by atoms with E-state index in [0.717, 1.165) is 23.4 Å². The number of anilines is 1. The van der Waals surface area contributed by atoms with Crippen molar-refractivity contribution in [2.24, 2.45) is 0 Å². The first-order valence-electron chi connectivity index (χ1n) is 8.30. The van der Waals surface area contributed by atoms with Gasteiger partial charge in [0.1, 0.15) is 11.5 Å². The number of nitrogens with one attached hydrogen (secondary N) is 1. The van der Waals surface area contributed by atoms with E-state index in [9.17, 15) is 10.1 Å². The van der Waals surface area contributed by atoms with Crippen LogP contribution in [0.5, 0.6) is 11.5 Å². The van der Waals surface area contributed by atoms with Crippen LogP contribution in [0.4, 0.5) is 11.4 Å². The van der Waals surface area contributed by atoms with Gasteiger partial charge in [0.2, 0.25) is 0 Å². The molecule has 0 atom stereocenters. The zero-order chi connectivity index (χ0) is 16.9. The summed E-state index contributed by atoms with van der Waals surface area (Å²) in [4.78, 5) is 10.6. The van der Waals surface area contributed by atoms with Crippen molar-refractivity contribution in [3.8, 4) is 11.5 Å². The van der Waals surface area contributed by atoms with Gasteiger partial charge in [-0.15, -0.1) is 0 Å². The molecule has 0 bridgehead atoms. The van der Waals surface area contributed by atoms with Crippen molar-refractivity contribution in [3.05, 3.63) is 57.1 Å². The van der Waals surface area contributed by atoms with Gasteiger partial charge in [0, 0.05) is 29.8 Å². The van der Waals surface area contributed by atoms with Crippen LogP contribution >= 0.6 is 0 Å². The molecule has 1 N–H and O–H groups in total. The van der Waals surface area contributed by atoms with Crippen LogP contribution in [-0.4, -0.2) is 11.5 Å². The van der Waals surface area contributed by atoms with Crippen molar-refractivity contribution in [2.75, 3.05) is 11.9 Å². The van der Waals surface area contributed by atoms with Crippen LogP contribution in [0.3, 0.4) is 0 Å². The molecule has 1 heterocycles. The second-order valence-corrected chi connectivity index (χ2v) is 6.96. The summed E-state index contributed by atoms with van der Waals surface area (Å²) in [5.74, 6) is 1.50. The second-order valence-electron chi connectivity index (χ2n) is 6.96. The normalized spacial score (nSPS) is 17.1. The minimum atomic E-state index is -0.370. The standard InChI is InChI=1S/C19H20N2O3/c1-12-8-14(21(22)23)9-13(2)18(12)24-15-4-5-17-16(10-15)19(11-20-17)6-3-7-19/h4-5,8-10,20H,3,6-7,11H2,1-2H3. The fourth-order valence-corrected chi connectivity index (χ4v) is 3.90. The van der Waals surface area contributed by atoms with E-state index in [1.54, 1.807) is 12.1 Å². The van der Waals surface area contributed by atoms with Gasteiger partial charge in [-0.1, -0.05) is 6.42 Å². The Balaban J connectivity index is 1.67. The molecule has 1 fully saturated rings. The number of ether oxygens (including phenoxy) is 1. The Hall–Kier alpha value is -2.56. The summed E-state index contributed by atoms with van der Waals surface area (Å²) in [6.07, 6.45) is 3.74. The number of hydrogen-bond donors (Lipinski definition) is 1. The number of nitrogens with zero attached hydrogens (tertiary/aromatic N) is 1. The Labute approximate surface area is 140 Å². The molecule has 2 aliphatic rings. The molecule has 4 rings (SSSR count). The molecule has 5 heteroatoms. The number of rotatable bonds is 3. The molecular weight excluding hydrogens is 304 g/mol. The molecule has 124 valence electrons. The number of benzene rings is 2. The maximum absolute atomic E-state index is 11.0. The predicted octanol–water partition coefficient (Wildman–Crippen LogP) is 4.85. The molecule has 5 nitrogen and oxygen atoms in total. The molecule has 0 saturated heterocycles. The summed E-state index contributed by atoms with van der Waals surface area (Å²) in [6, 6.07) is 9.29. The molecule has 0 unspecified atom stereocenters. The van der Waals surface area contributed by atoms with Crippen molar-refractivity contribution in [3.63, 3.8) is 0 Å². The van der Waals surface area contributed by atoms with Crippen molar-refractivity contribution in [1.29, 1.82) is 0 Å². The average molecular weight is 324 g/mol. The largest absolute Gasteiger partial charge is 0.457 e. The third-order valence-electron chi connectivity index (χ3n) is 5.37. The molecule has 2 aromatic rings. The maximum atomic E-state index is 11.0. The zero-order valence-electron chi connectivity index (χ0n) is 13.9. The minimum absolute atomic E-state index is 0.101. The molecule has 24 heavy (non-hydrogen) atoms. The minimum Gasteiger partial charge on any atom is -0.457 e. The fourth-order valence-electron chi connectivity index (χ4n) is 3.90. The van der Waals surface area contributed by atoms with Crippen LogP contribution in [-0.2, 0) is 5.41 Å². The molecule has 1 spiro atoms. The van der Waals surface area contributed by atoms with Crippen LogP contribution in [0.25, 0.3) is 0 Å². The summed E-state index contributed by atoms with van der Waals surface area (Å²) in [6.45, 7) is 4.71. The first-order chi connectivity index (χ1) is 11.5. The number of non-ortho nitro benzene ring substituents is 1. The van der Waals surface area contributed by atoms with Crippen molar-refractivity contribution < 1.29 is 9.66 Å². The molecule has 1 aliphatic carbocycles. The monoisotopic (exact) mass is 324 g/mol. The van der Waals surface area contributed by atoms with Crippen LogP contribution in [0, 0.1) is 24.0 Å². The lowest BCUT2D eigenvalue weighted by Crippen LogP contribution is -2.35. The quantitative estimate of drug-likeness (QED) is 0.647. The maximum Gasteiger partial charge on any atom is 0.270 e. The lowest BCUT2D eigenvalue weighted by molar-refractivity contribution is -0.385. The van der Waals surface area contributed by atoms with E-state index >= 15 is 0 Å². The van der Waals surface area contributed by atoms with Crippen LogP contribution < -0.4 is 10.1 Å². The van der Waals surface area contributed by atoms with E-state index in [1.807, 2.05) is 19.9 Å².